The highest BCUT2D eigenvalue weighted by Gasteiger charge is 2.34. The number of benzene rings is 2. The molecule has 8 nitrogen and oxygen atoms in total. The molecule has 0 N–H and O–H groups in total. The van der Waals surface area contributed by atoms with Crippen LogP contribution in [-0.2, 0) is 28.4 Å². The minimum atomic E-state index is -3.73. The van der Waals surface area contributed by atoms with E-state index in [1.165, 1.54) is 8.99 Å². The number of nitrogens with zero attached hydrogens (tertiary/aromatic N) is 4. The zero-order valence-corrected chi connectivity index (χ0v) is 22.9. The molecule has 1 aliphatic heterocycles. The van der Waals surface area contributed by atoms with Crippen LogP contribution in [0.5, 0.6) is 5.75 Å². The Kier molecular flexibility index (Phi) is 8.59. The molecule has 1 atom stereocenters. The first-order valence-electron chi connectivity index (χ1n) is 11.6. The molecule has 0 amide bonds. The Bertz CT molecular complexity index is 1290. The maximum absolute atomic E-state index is 13.3. The van der Waals surface area contributed by atoms with Crippen LogP contribution in [0.15, 0.2) is 53.4 Å². The van der Waals surface area contributed by atoms with Gasteiger partial charge in [-0.1, -0.05) is 47.5 Å². The normalized spacial score (nSPS) is 16.2. The van der Waals surface area contributed by atoms with Gasteiger partial charge in [0.2, 0.25) is 10.0 Å². The third kappa shape index (κ3) is 6.04. The molecule has 1 fully saturated rings. The highest BCUT2D eigenvalue weighted by Crippen LogP contribution is 2.29. The number of sulfonamides is 1. The van der Waals surface area contributed by atoms with Gasteiger partial charge in [-0.2, -0.15) is 9.40 Å². The molecule has 1 aromatic heterocycles. The van der Waals surface area contributed by atoms with Crippen molar-refractivity contribution in [3.05, 3.63) is 75.5 Å². The van der Waals surface area contributed by atoms with E-state index in [4.69, 9.17) is 32.7 Å². The fourth-order valence-electron chi connectivity index (χ4n) is 4.31. The number of aryl methyl sites for hydroxylation is 2. The van der Waals surface area contributed by atoms with E-state index < -0.39 is 10.0 Å². The van der Waals surface area contributed by atoms with Gasteiger partial charge >= 0.3 is 0 Å². The van der Waals surface area contributed by atoms with E-state index in [2.05, 4.69) is 10.00 Å². The molecule has 194 valence electrons. The number of hydrogen-bond donors (Lipinski definition) is 0. The number of ether oxygens (including phenoxy) is 2. The summed E-state index contributed by atoms with van der Waals surface area (Å²) in [5.41, 5.74) is 2.42. The van der Waals surface area contributed by atoms with Crippen molar-refractivity contribution >= 4 is 33.2 Å². The zero-order valence-electron chi connectivity index (χ0n) is 20.5. The summed E-state index contributed by atoms with van der Waals surface area (Å²) in [4.78, 5) is 2.30. The number of hydrogen-bond acceptors (Lipinski definition) is 6. The van der Waals surface area contributed by atoms with Gasteiger partial charge in [0.15, 0.2) is 0 Å². The Labute approximate surface area is 222 Å². The Hall–Kier alpha value is -2.14. The van der Waals surface area contributed by atoms with Crippen LogP contribution in [0.4, 0.5) is 0 Å². The molecule has 2 heterocycles. The minimum absolute atomic E-state index is 0.0841. The fraction of sp³-hybridized carbons (Fsp3) is 0.400. The molecule has 36 heavy (non-hydrogen) atoms. The van der Waals surface area contributed by atoms with Crippen LogP contribution in [0.2, 0.25) is 10.2 Å². The second kappa shape index (κ2) is 11.5. The Morgan fingerprint density at radius 3 is 2.36 bits per heavy atom. The van der Waals surface area contributed by atoms with E-state index in [9.17, 15) is 8.42 Å². The highest BCUT2D eigenvalue weighted by molar-refractivity contribution is 7.89. The van der Waals surface area contributed by atoms with E-state index in [0.29, 0.717) is 50.0 Å². The van der Waals surface area contributed by atoms with E-state index in [0.717, 1.165) is 16.9 Å². The summed E-state index contributed by atoms with van der Waals surface area (Å²) < 4.78 is 41.1. The van der Waals surface area contributed by atoms with Gasteiger partial charge in [0, 0.05) is 44.8 Å². The summed E-state index contributed by atoms with van der Waals surface area (Å²) in [7, 11) is -0.458. The first-order chi connectivity index (χ1) is 17.2. The van der Waals surface area contributed by atoms with Crippen LogP contribution < -0.4 is 4.74 Å². The standard InChI is InChI=1S/C25H30Cl2N4O4S/c1-18-24(25(27)29(2)28-18)36(32,33)31-13-11-30(12-14-31)16-23(20-7-9-21(26)10-8-20)35-17-19-5-4-6-22(15-19)34-3/h4-10,15,23H,11-14,16-17H2,1-3H3. The van der Waals surface area contributed by atoms with Gasteiger partial charge in [-0.15, -0.1) is 0 Å². The molecule has 0 radical (unpaired) electrons. The van der Waals surface area contributed by atoms with Crippen LogP contribution in [-0.4, -0.2) is 67.2 Å². The number of piperazine rings is 1. The van der Waals surface area contributed by atoms with Crippen molar-refractivity contribution in [1.29, 1.82) is 0 Å². The molecule has 2 aromatic carbocycles. The van der Waals surface area contributed by atoms with Gasteiger partial charge in [0.05, 0.1) is 25.5 Å². The molecule has 1 saturated heterocycles. The monoisotopic (exact) mass is 552 g/mol. The van der Waals surface area contributed by atoms with E-state index in [-0.39, 0.29) is 16.2 Å². The van der Waals surface area contributed by atoms with Crippen molar-refractivity contribution in [2.75, 3.05) is 39.8 Å². The lowest BCUT2D eigenvalue weighted by Gasteiger charge is -2.35. The van der Waals surface area contributed by atoms with Crippen molar-refractivity contribution < 1.29 is 17.9 Å². The Balaban J connectivity index is 1.44. The van der Waals surface area contributed by atoms with Crippen LogP contribution in [0.3, 0.4) is 0 Å². The molecule has 0 aliphatic carbocycles. The van der Waals surface area contributed by atoms with Crippen molar-refractivity contribution in [1.82, 2.24) is 19.0 Å². The minimum Gasteiger partial charge on any atom is -0.497 e. The van der Waals surface area contributed by atoms with Crippen LogP contribution in [0.25, 0.3) is 0 Å². The van der Waals surface area contributed by atoms with Crippen molar-refractivity contribution in [2.45, 2.75) is 24.5 Å². The second-order valence-corrected chi connectivity index (χ2v) is 11.4. The summed E-state index contributed by atoms with van der Waals surface area (Å²) in [5.74, 6) is 0.778. The highest BCUT2D eigenvalue weighted by atomic mass is 35.5. The first-order valence-corrected chi connectivity index (χ1v) is 13.8. The van der Waals surface area contributed by atoms with Crippen LogP contribution in [0, 0.1) is 6.92 Å². The lowest BCUT2D eigenvalue weighted by atomic mass is 10.1. The van der Waals surface area contributed by atoms with Gasteiger partial charge < -0.3 is 9.47 Å². The summed E-state index contributed by atoms with van der Waals surface area (Å²) in [6, 6.07) is 15.4. The number of methoxy groups -OCH3 is 1. The number of halogens is 2. The predicted molar refractivity (Wildman–Crippen MR) is 140 cm³/mol. The molecule has 11 heteroatoms. The Morgan fingerprint density at radius 1 is 1.06 bits per heavy atom. The van der Waals surface area contributed by atoms with Gasteiger partial charge in [-0.05, 0) is 42.3 Å². The third-order valence-corrected chi connectivity index (χ3v) is 9.13. The molecule has 0 spiro atoms. The van der Waals surface area contributed by atoms with Gasteiger partial charge in [-0.3, -0.25) is 9.58 Å². The molecular formula is C25H30Cl2N4O4S. The molecule has 3 aromatic rings. The van der Waals surface area contributed by atoms with E-state index >= 15 is 0 Å². The SMILES string of the molecule is COc1cccc(COC(CN2CCN(S(=O)(=O)c3c(C)nn(C)c3Cl)CC2)c2ccc(Cl)cc2)c1. The smallest absolute Gasteiger partial charge is 0.248 e. The largest absolute Gasteiger partial charge is 0.497 e. The van der Waals surface area contributed by atoms with Crippen molar-refractivity contribution in [3.8, 4) is 5.75 Å². The van der Waals surface area contributed by atoms with Crippen molar-refractivity contribution in [2.24, 2.45) is 7.05 Å². The predicted octanol–water partition coefficient (Wildman–Crippen LogP) is 4.31. The second-order valence-electron chi connectivity index (χ2n) is 8.74. The van der Waals surface area contributed by atoms with E-state index in [1.54, 1.807) is 21.1 Å². The molecule has 0 saturated carbocycles. The lowest BCUT2D eigenvalue weighted by Crippen LogP contribution is -2.49. The fourth-order valence-corrected chi connectivity index (χ4v) is 6.56. The maximum Gasteiger partial charge on any atom is 0.248 e. The average Bonchev–Trinajstić information content (AvgIpc) is 3.14. The summed E-state index contributed by atoms with van der Waals surface area (Å²) >= 11 is 12.4. The molecule has 1 unspecified atom stereocenters. The third-order valence-electron chi connectivity index (χ3n) is 6.28. The summed E-state index contributed by atoms with van der Waals surface area (Å²) in [5, 5.41) is 4.95. The topological polar surface area (TPSA) is 76.9 Å². The molecular weight excluding hydrogens is 523 g/mol. The molecule has 1 aliphatic rings. The Morgan fingerprint density at radius 2 is 1.75 bits per heavy atom. The maximum atomic E-state index is 13.3. The average molecular weight is 554 g/mol. The molecule has 0 bridgehead atoms. The van der Waals surface area contributed by atoms with Gasteiger partial charge in [0.1, 0.15) is 15.8 Å². The van der Waals surface area contributed by atoms with Gasteiger partial charge in [0.25, 0.3) is 0 Å². The van der Waals surface area contributed by atoms with Crippen molar-refractivity contribution in [3.63, 3.8) is 0 Å². The van der Waals surface area contributed by atoms with Crippen LogP contribution in [0.1, 0.15) is 22.9 Å². The first kappa shape index (κ1) is 26.9. The number of aromatic nitrogens is 2. The summed E-state index contributed by atoms with van der Waals surface area (Å²) in [6.07, 6.45) is -0.216. The quantitative estimate of drug-likeness (QED) is 0.393. The van der Waals surface area contributed by atoms with Crippen LogP contribution >= 0.6 is 23.2 Å². The van der Waals surface area contributed by atoms with E-state index in [1.807, 2.05) is 48.5 Å². The molecule has 4 rings (SSSR count). The zero-order chi connectivity index (χ0) is 25.9. The van der Waals surface area contributed by atoms with Gasteiger partial charge in [-0.25, -0.2) is 8.42 Å². The number of rotatable bonds is 9. The lowest BCUT2D eigenvalue weighted by molar-refractivity contribution is 0.00767. The summed E-state index contributed by atoms with van der Waals surface area (Å²) in [6.45, 7) is 4.55.